The van der Waals surface area contributed by atoms with E-state index in [0.29, 0.717) is 55.4 Å². The molecule has 0 amide bonds. The van der Waals surface area contributed by atoms with Crippen LogP contribution in [0.5, 0.6) is 12.0 Å². The number of aliphatic hydroxyl groups excluding tert-OH is 1. The van der Waals surface area contributed by atoms with Crippen molar-refractivity contribution >= 4 is 29.2 Å². The first-order valence-electron chi connectivity index (χ1n) is 21.7. The lowest BCUT2D eigenvalue weighted by Crippen LogP contribution is -2.10. The summed E-state index contributed by atoms with van der Waals surface area (Å²) in [5.41, 5.74) is 0. The van der Waals surface area contributed by atoms with Crippen molar-refractivity contribution in [2.45, 2.75) is 188 Å². The van der Waals surface area contributed by atoms with E-state index in [4.69, 9.17) is 32.7 Å². The van der Waals surface area contributed by atoms with Crippen molar-refractivity contribution in [1.82, 2.24) is 29.9 Å². The summed E-state index contributed by atoms with van der Waals surface area (Å²) in [6, 6.07) is 0.625. The van der Waals surface area contributed by atoms with Crippen LogP contribution in [-0.2, 0) is 0 Å². The summed E-state index contributed by atoms with van der Waals surface area (Å²) in [6.45, 7) is 7.88. The van der Waals surface area contributed by atoms with Crippen molar-refractivity contribution in [3.63, 3.8) is 0 Å². The Hall–Kier alpha value is -2.04. The van der Waals surface area contributed by atoms with Gasteiger partial charge in [0, 0.05) is 13.7 Å². The van der Waals surface area contributed by atoms with Crippen LogP contribution >= 0.6 is 23.2 Å². The first-order valence-corrected chi connectivity index (χ1v) is 22.5. The number of halogens is 2. The highest BCUT2D eigenvalue weighted by molar-refractivity contribution is 6.28. The van der Waals surface area contributed by atoms with Gasteiger partial charge in [-0.1, -0.05) is 162 Å². The Kier molecular flexibility index (Phi) is 28.6. The zero-order chi connectivity index (χ0) is 39.1. The molecule has 0 aliphatic carbocycles. The number of rotatable bonds is 36. The van der Waals surface area contributed by atoms with Crippen LogP contribution in [0.1, 0.15) is 187 Å². The predicted molar refractivity (Wildman–Crippen MR) is 224 cm³/mol. The minimum Gasteiger partial charge on any atom is -0.463 e. The van der Waals surface area contributed by atoms with Gasteiger partial charge in [-0.2, -0.15) is 24.9 Å². The van der Waals surface area contributed by atoms with E-state index in [1.54, 1.807) is 14.0 Å². The Morgan fingerprint density at radius 1 is 0.500 bits per heavy atom. The highest BCUT2D eigenvalue weighted by atomic mass is 35.5. The zero-order valence-electron chi connectivity index (χ0n) is 34.4. The number of aryl methyl sites for hydroxylation is 1. The van der Waals surface area contributed by atoms with E-state index in [9.17, 15) is 5.11 Å². The Bertz CT molecular complexity index is 1180. The Morgan fingerprint density at radius 2 is 0.889 bits per heavy atom. The van der Waals surface area contributed by atoms with Crippen molar-refractivity contribution in [3.05, 3.63) is 16.4 Å². The molecule has 3 atom stereocenters. The summed E-state index contributed by atoms with van der Waals surface area (Å²) in [6.07, 6.45) is 32.5. The Labute approximate surface area is 338 Å². The smallest absolute Gasteiger partial charge is 0.322 e. The molecule has 0 bridgehead atoms. The van der Waals surface area contributed by atoms with Gasteiger partial charge < -0.3 is 19.9 Å². The second kappa shape index (κ2) is 32.1. The monoisotopic (exact) mass is 796 g/mol. The van der Waals surface area contributed by atoms with E-state index in [0.717, 1.165) is 19.3 Å². The number of aromatic nitrogens is 6. The van der Waals surface area contributed by atoms with Gasteiger partial charge in [0.15, 0.2) is 0 Å². The van der Waals surface area contributed by atoms with Crippen LogP contribution in [0.25, 0.3) is 0 Å². The first kappa shape index (κ1) is 48.1. The van der Waals surface area contributed by atoms with Gasteiger partial charge in [-0.3, -0.25) is 0 Å². The van der Waals surface area contributed by atoms with Crippen LogP contribution in [0.3, 0.4) is 0 Å². The molecule has 2 N–H and O–H groups in total. The van der Waals surface area contributed by atoms with Gasteiger partial charge in [0.05, 0.1) is 13.2 Å². The third-order valence-electron chi connectivity index (χ3n) is 10.7. The fourth-order valence-electron chi connectivity index (χ4n) is 7.45. The van der Waals surface area contributed by atoms with E-state index in [2.05, 4.69) is 49.1 Å². The van der Waals surface area contributed by atoms with E-state index in [1.165, 1.54) is 148 Å². The van der Waals surface area contributed by atoms with Crippen LogP contribution in [0.15, 0.2) is 0 Å². The predicted octanol–water partition coefficient (Wildman–Crippen LogP) is 12.2. The number of hydrogen-bond acceptors (Lipinski definition) is 10. The highest BCUT2D eigenvalue weighted by Gasteiger charge is 2.13. The molecule has 0 saturated carbocycles. The Morgan fingerprint density at radius 3 is 1.33 bits per heavy atom. The van der Waals surface area contributed by atoms with Crippen LogP contribution in [0, 0.1) is 24.7 Å². The van der Waals surface area contributed by atoms with Gasteiger partial charge in [0.1, 0.15) is 5.82 Å². The van der Waals surface area contributed by atoms with Crippen molar-refractivity contribution < 1.29 is 14.6 Å². The second-order valence-corrected chi connectivity index (χ2v) is 16.0. The molecule has 0 fully saturated rings. The standard InChI is InChI=1S/C42H75Cl2N7O3/c1-5-7-9-17-25-37(29-32-53-41-47-34(3)46-38(43)49-41)27-21-15-11-13-19-24-35(28-31-52)23-18-12-10-14-20-26-36(22-16-8-6-2)30-33-54-42-50-39(44)48-40(45-4)51-42/h35-37,52H,5-33H2,1-4H3,(H,45,48,50,51). The summed E-state index contributed by atoms with van der Waals surface area (Å²) in [4.78, 5) is 24.8. The maximum Gasteiger partial charge on any atom is 0.322 e. The molecule has 0 spiro atoms. The number of nitrogens with zero attached hydrogens (tertiary/aromatic N) is 6. The Balaban J connectivity index is 1.58. The van der Waals surface area contributed by atoms with E-state index < -0.39 is 0 Å². The lowest BCUT2D eigenvalue weighted by Gasteiger charge is -2.18. The molecule has 0 aliphatic rings. The van der Waals surface area contributed by atoms with Crippen molar-refractivity contribution in [2.75, 3.05) is 32.2 Å². The van der Waals surface area contributed by atoms with Crippen LogP contribution in [0.2, 0.25) is 10.6 Å². The van der Waals surface area contributed by atoms with E-state index >= 15 is 0 Å². The lowest BCUT2D eigenvalue weighted by atomic mass is 9.90. The maximum atomic E-state index is 9.72. The molecule has 3 unspecified atom stereocenters. The average Bonchev–Trinajstić information content (AvgIpc) is 3.14. The summed E-state index contributed by atoms with van der Waals surface area (Å²) in [5.74, 6) is 3.02. The third-order valence-corrected chi connectivity index (χ3v) is 11.0. The topological polar surface area (TPSA) is 128 Å². The molecule has 310 valence electrons. The molecule has 12 heteroatoms. The average molecular weight is 797 g/mol. The number of unbranched alkanes of at least 4 members (excludes halogenated alkanes) is 13. The number of nitrogens with one attached hydrogen (secondary N) is 1. The molecule has 10 nitrogen and oxygen atoms in total. The second-order valence-electron chi connectivity index (χ2n) is 15.3. The minimum absolute atomic E-state index is 0.144. The van der Waals surface area contributed by atoms with Gasteiger partial charge in [0.25, 0.3) is 0 Å². The lowest BCUT2D eigenvalue weighted by molar-refractivity contribution is 0.240. The number of anilines is 1. The fourth-order valence-corrected chi connectivity index (χ4v) is 7.80. The quantitative estimate of drug-likeness (QED) is 0.0643. The van der Waals surface area contributed by atoms with E-state index in [1.807, 2.05) is 0 Å². The normalized spacial score (nSPS) is 13.2. The molecule has 2 aromatic heterocycles. The molecule has 0 radical (unpaired) electrons. The van der Waals surface area contributed by atoms with Crippen LogP contribution in [-0.4, -0.2) is 61.9 Å². The van der Waals surface area contributed by atoms with Gasteiger partial charge in [-0.05, 0) is 67.1 Å². The van der Waals surface area contributed by atoms with Crippen LogP contribution < -0.4 is 14.8 Å². The number of aliphatic hydroxyl groups is 1. The van der Waals surface area contributed by atoms with Crippen molar-refractivity contribution in [2.24, 2.45) is 17.8 Å². The van der Waals surface area contributed by atoms with Gasteiger partial charge in [0.2, 0.25) is 16.5 Å². The summed E-state index contributed by atoms with van der Waals surface area (Å²) in [7, 11) is 1.75. The number of ether oxygens (including phenoxy) is 2. The minimum atomic E-state index is 0.144. The van der Waals surface area contributed by atoms with Crippen LogP contribution in [0.4, 0.5) is 5.95 Å². The van der Waals surface area contributed by atoms with E-state index in [-0.39, 0.29) is 16.6 Å². The number of hydrogen-bond donors (Lipinski definition) is 2. The molecule has 2 rings (SSSR count). The van der Waals surface area contributed by atoms with Gasteiger partial charge in [-0.15, -0.1) is 0 Å². The molecule has 2 heterocycles. The maximum absolute atomic E-state index is 9.72. The third kappa shape index (κ3) is 24.5. The molecule has 0 aromatic carbocycles. The summed E-state index contributed by atoms with van der Waals surface area (Å²) in [5, 5.41) is 12.9. The SMILES string of the molecule is CCCCCCC(CCCCCCCC(CCO)CCCCCCCC(CCCCC)CCOc1nc(Cl)nc(NC)n1)CCOc1nc(C)nc(Cl)n1. The molecule has 0 saturated heterocycles. The largest absolute Gasteiger partial charge is 0.463 e. The zero-order valence-corrected chi connectivity index (χ0v) is 36.0. The molecular weight excluding hydrogens is 721 g/mol. The van der Waals surface area contributed by atoms with Gasteiger partial charge in [-0.25, -0.2) is 4.98 Å². The van der Waals surface area contributed by atoms with Crippen molar-refractivity contribution in [3.8, 4) is 12.0 Å². The van der Waals surface area contributed by atoms with Gasteiger partial charge >= 0.3 is 12.0 Å². The fraction of sp³-hybridized carbons (Fsp3) is 0.857. The molecule has 2 aromatic rings. The molecular formula is C42H75Cl2N7O3. The highest BCUT2D eigenvalue weighted by Crippen LogP contribution is 2.26. The van der Waals surface area contributed by atoms with Crippen molar-refractivity contribution in [1.29, 1.82) is 0 Å². The molecule has 0 aliphatic heterocycles. The summed E-state index contributed by atoms with van der Waals surface area (Å²) < 4.78 is 11.7. The first-order chi connectivity index (χ1) is 26.4. The summed E-state index contributed by atoms with van der Waals surface area (Å²) >= 11 is 12.0. The molecule has 54 heavy (non-hydrogen) atoms.